The molecule has 0 saturated heterocycles. The number of hydrogen-bond acceptors (Lipinski definition) is 4. The van der Waals surface area contributed by atoms with Crippen LogP contribution in [0.5, 0.6) is 0 Å². The van der Waals surface area contributed by atoms with Gasteiger partial charge in [0.05, 0.1) is 11.3 Å². The number of rotatable bonds is 3. The van der Waals surface area contributed by atoms with E-state index in [0.717, 1.165) is 16.9 Å². The number of thiophene rings is 1. The summed E-state index contributed by atoms with van der Waals surface area (Å²) in [5.74, 6) is -1.10. The normalized spacial score (nSPS) is 10.1. The number of carboxylic acid groups (broad SMARTS) is 1. The smallest absolute Gasteiger partial charge is 0.338 e. The number of anilines is 2. The molecule has 0 atom stereocenters. The SMILES string of the molecule is Cc1ccnc(Cl)c1NC(=O)Nc1sccc1C(=O)O. The zero-order valence-electron chi connectivity index (χ0n) is 10.3. The lowest BCUT2D eigenvalue weighted by molar-refractivity contribution is 0.0698. The Morgan fingerprint density at radius 1 is 1.35 bits per heavy atom. The zero-order chi connectivity index (χ0) is 14.7. The Balaban J connectivity index is 2.14. The molecule has 6 nitrogen and oxygen atoms in total. The number of pyridine rings is 1. The maximum Gasteiger partial charge on any atom is 0.338 e. The third-order valence-corrected chi connectivity index (χ3v) is 3.59. The van der Waals surface area contributed by atoms with Crippen molar-refractivity contribution in [1.29, 1.82) is 0 Å². The van der Waals surface area contributed by atoms with E-state index in [4.69, 9.17) is 16.7 Å². The fourth-order valence-corrected chi connectivity index (χ4v) is 2.52. The van der Waals surface area contributed by atoms with E-state index in [2.05, 4.69) is 15.6 Å². The van der Waals surface area contributed by atoms with Gasteiger partial charge in [0, 0.05) is 6.20 Å². The third kappa shape index (κ3) is 3.06. The molecule has 104 valence electrons. The minimum absolute atomic E-state index is 0.0409. The van der Waals surface area contributed by atoms with E-state index in [1.165, 1.54) is 12.3 Å². The Bertz CT molecular complexity index is 651. The molecule has 3 N–H and O–H groups in total. The van der Waals surface area contributed by atoms with Crippen molar-refractivity contribution in [3.05, 3.63) is 40.0 Å². The molecule has 0 aliphatic rings. The summed E-state index contributed by atoms with van der Waals surface area (Å²) >= 11 is 7.02. The van der Waals surface area contributed by atoms with Gasteiger partial charge in [0.2, 0.25) is 0 Å². The standard InChI is InChI=1S/C12H10ClN3O3S/c1-6-2-4-14-9(13)8(6)15-12(19)16-10-7(11(17)18)3-5-20-10/h2-5H,1H3,(H,17,18)(H2,15,16,19). The van der Waals surface area contributed by atoms with E-state index in [-0.39, 0.29) is 15.7 Å². The van der Waals surface area contributed by atoms with Crippen LogP contribution in [0.15, 0.2) is 23.7 Å². The number of carboxylic acids is 1. The van der Waals surface area contributed by atoms with Gasteiger partial charge in [-0.05, 0) is 30.0 Å². The maximum atomic E-state index is 11.9. The van der Waals surface area contributed by atoms with Crippen LogP contribution in [0.2, 0.25) is 5.15 Å². The van der Waals surface area contributed by atoms with Gasteiger partial charge in [-0.1, -0.05) is 11.6 Å². The van der Waals surface area contributed by atoms with E-state index >= 15 is 0 Å². The van der Waals surface area contributed by atoms with Crippen LogP contribution in [-0.2, 0) is 0 Å². The molecule has 8 heteroatoms. The third-order valence-electron chi connectivity index (χ3n) is 2.47. The monoisotopic (exact) mass is 311 g/mol. The zero-order valence-corrected chi connectivity index (χ0v) is 11.9. The van der Waals surface area contributed by atoms with Crippen LogP contribution < -0.4 is 10.6 Å². The number of carbonyl (C=O) groups is 2. The second-order valence-corrected chi connectivity index (χ2v) is 5.12. The van der Waals surface area contributed by atoms with E-state index in [0.29, 0.717) is 5.69 Å². The van der Waals surface area contributed by atoms with Gasteiger partial charge in [-0.2, -0.15) is 0 Å². The number of aryl methyl sites for hydroxylation is 1. The van der Waals surface area contributed by atoms with Gasteiger partial charge in [-0.3, -0.25) is 5.32 Å². The van der Waals surface area contributed by atoms with Gasteiger partial charge in [-0.15, -0.1) is 11.3 Å². The van der Waals surface area contributed by atoms with Crippen molar-refractivity contribution in [2.45, 2.75) is 6.92 Å². The molecule has 0 aliphatic heterocycles. The average molecular weight is 312 g/mol. The van der Waals surface area contributed by atoms with Crippen molar-refractivity contribution in [3.8, 4) is 0 Å². The molecule has 2 aromatic heterocycles. The first-order valence-corrected chi connectivity index (χ1v) is 6.74. The molecule has 0 aromatic carbocycles. The molecule has 20 heavy (non-hydrogen) atoms. The van der Waals surface area contributed by atoms with Crippen LogP contribution in [0.4, 0.5) is 15.5 Å². The highest BCUT2D eigenvalue weighted by atomic mass is 35.5. The largest absolute Gasteiger partial charge is 0.478 e. The van der Waals surface area contributed by atoms with Crippen molar-refractivity contribution < 1.29 is 14.7 Å². The second kappa shape index (κ2) is 5.89. The summed E-state index contributed by atoms with van der Waals surface area (Å²) in [5, 5.41) is 16.0. The molecule has 0 saturated carbocycles. The van der Waals surface area contributed by atoms with Crippen molar-refractivity contribution in [1.82, 2.24) is 4.98 Å². The minimum Gasteiger partial charge on any atom is -0.478 e. The van der Waals surface area contributed by atoms with Crippen molar-refractivity contribution in [2.24, 2.45) is 0 Å². The van der Waals surface area contributed by atoms with E-state index < -0.39 is 12.0 Å². The number of halogens is 1. The number of urea groups is 1. The van der Waals surface area contributed by atoms with E-state index in [9.17, 15) is 9.59 Å². The van der Waals surface area contributed by atoms with Crippen molar-refractivity contribution in [2.75, 3.05) is 10.6 Å². The summed E-state index contributed by atoms with van der Waals surface area (Å²) in [6, 6.07) is 2.55. The number of hydrogen-bond donors (Lipinski definition) is 3. The summed E-state index contributed by atoms with van der Waals surface area (Å²) in [7, 11) is 0. The van der Waals surface area contributed by atoms with Crippen LogP contribution in [0.25, 0.3) is 0 Å². The molecular formula is C12H10ClN3O3S. The van der Waals surface area contributed by atoms with Crippen molar-refractivity contribution in [3.63, 3.8) is 0 Å². The summed E-state index contributed by atoms with van der Waals surface area (Å²) in [6.07, 6.45) is 1.53. The first-order valence-electron chi connectivity index (χ1n) is 5.49. The quantitative estimate of drug-likeness (QED) is 0.757. The Labute approximate surface area is 123 Å². The van der Waals surface area contributed by atoms with E-state index in [1.807, 2.05) is 0 Å². The molecule has 0 radical (unpaired) electrons. The highest BCUT2D eigenvalue weighted by Gasteiger charge is 2.15. The number of nitrogens with zero attached hydrogens (tertiary/aromatic N) is 1. The van der Waals surface area contributed by atoms with Crippen molar-refractivity contribution >= 4 is 45.6 Å². The Morgan fingerprint density at radius 2 is 2.10 bits per heavy atom. The number of aromatic carboxylic acids is 1. The van der Waals surface area contributed by atoms with Gasteiger partial charge in [0.15, 0.2) is 5.15 Å². The summed E-state index contributed by atoms with van der Waals surface area (Å²) in [6.45, 7) is 1.77. The van der Waals surface area contributed by atoms with Crippen LogP contribution >= 0.6 is 22.9 Å². The molecule has 0 unspecified atom stereocenters. The van der Waals surface area contributed by atoms with Crippen LogP contribution in [0.1, 0.15) is 15.9 Å². The van der Waals surface area contributed by atoms with Crippen LogP contribution in [0.3, 0.4) is 0 Å². The molecule has 0 bridgehead atoms. The molecule has 2 rings (SSSR count). The Morgan fingerprint density at radius 3 is 2.75 bits per heavy atom. The lowest BCUT2D eigenvalue weighted by atomic mass is 10.2. The lowest BCUT2D eigenvalue weighted by Gasteiger charge is -2.10. The first kappa shape index (κ1) is 14.3. The molecule has 2 amide bonds. The molecule has 0 aliphatic carbocycles. The number of carbonyl (C=O) groups excluding carboxylic acids is 1. The van der Waals surface area contributed by atoms with E-state index in [1.54, 1.807) is 18.4 Å². The summed E-state index contributed by atoms with van der Waals surface area (Å²) in [4.78, 5) is 26.7. The van der Waals surface area contributed by atoms with Gasteiger partial charge < -0.3 is 10.4 Å². The number of aromatic nitrogens is 1. The minimum atomic E-state index is -1.10. The molecule has 2 heterocycles. The second-order valence-electron chi connectivity index (χ2n) is 3.84. The highest BCUT2D eigenvalue weighted by Crippen LogP contribution is 2.25. The van der Waals surface area contributed by atoms with Gasteiger partial charge in [0.1, 0.15) is 5.00 Å². The van der Waals surface area contributed by atoms with Gasteiger partial charge >= 0.3 is 12.0 Å². The summed E-state index contributed by atoms with van der Waals surface area (Å²) in [5.41, 5.74) is 1.18. The van der Waals surface area contributed by atoms with Crippen LogP contribution in [0, 0.1) is 6.92 Å². The Kier molecular flexibility index (Phi) is 4.21. The number of amides is 2. The molecule has 0 fully saturated rings. The molecular weight excluding hydrogens is 302 g/mol. The summed E-state index contributed by atoms with van der Waals surface area (Å²) < 4.78 is 0. The predicted octanol–water partition coefficient (Wildman–Crippen LogP) is 3.45. The molecule has 2 aromatic rings. The van der Waals surface area contributed by atoms with Gasteiger partial charge in [0.25, 0.3) is 0 Å². The lowest BCUT2D eigenvalue weighted by Crippen LogP contribution is -2.21. The first-order chi connectivity index (χ1) is 9.49. The van der Waals surface area contributed by atoms with Gasteiger partial charge in [-0.25, -0.2) is 14.6 Å². The fourth-order valence-electron chi connectivity index (χ4n) is 1.50. The number of nitrogens with one attached hydrogen (secondary N) is 2. The highest BCUT2D eigenvalue weighted by molar-refractivity contribution is 7.14. The molecule has 0 spiro atoms. The maximum absolute atomic E-state index is 11.9. The van der Waals surface area contributed by atoms with Crippen LogP contribution in [-0.4, -0.2) is 22.1 Å². The average Bonchev–Trinajstić information content (AvgIpc) is 2.82. The Hall–Kier alpha value is -2.12. The topological polar surface area (TPSA) is 91.3 Å². The predicted molar refractivity (Wildman–Crippen MR) is 77.9 cm³/mol. The fraction of sp³-hybridized carbons (Fsp3) is 0.0833.